The first-order valence-corrected chi connectivity index (χ1v) is 8.96. The standard InChI is InChI=1S/C13H20BrN3O2S/c1-10(9-17-6-2-3-7-17)16-20(18,19)11-4-5-12(14)13(15)8-11/h4-5,8,10,16H,2-3,6-7,9,15H2,1H3. The number of hydrogen-bond donors (Lipinski definition) is 2. The molecule has 1 fully saturated rings. The van der Waals surface area contributed by atoms with Gasteiger partial charge in [0.05, 0.1) is 4.90 Å². The molecule has 1 aliphatic heterocycles. The predicted molar refractivity (Wildman–Crippen MR) is 84.0 cm³/mol. The second kappa shape index (κ2) is 6.43. The minimum atomic E-state index is -3.52. The van der Waals surface area contributed by atoms with E-state index in [0.717, 1.165) is 19.6 Å². The highest BCUT2D eigenvalue weighted by Gasteiger charge is 2.21. The smallest absolute Gasteiger partial charge is 0.240 e. The average molecular weight is 362 g/mol. The number of rotatable bonds is 5. The Labute approximate surface area is 128 Å². The molecule has 1 aliphatic rings. The van der Waals surface area contributed by atoms with Crippen molar-refractivity contribution in [3.63, 3.8) is 0 Å². The average Bonchev–Trinajstić information content (AvgIpc) is 2.84. The number of hydrogen-bond acceptors (Lipinski definition) is 4. The van der Waals surface area contributed by atoms with Gasteiger partial charge in [0.1, 0.15) is 0 Å². The minimum absolute atomic E-state index is 0.122. The van der Waals surface area contributed by atoms with Crippen LogP contribution in [0.4, 0.5) is 5.69 Å². The summed E-state index contributed by atoms with van der Waals surface area (Å²) in [6, 6.07) is 4.54. The van der Waals surface area contributed by atoms with E-state index >= 15 is 0 Å². The maximum atomic E-state index is 12.3. The fourth-order valence-electron chi connectivity index (χ4n) is 2.41. The van der Waals surface area contributed by atoms with E-state index in [1.807, 2.05) is 6.92 Å². The van der Waals surface area contributed by atoms with Crippen molar-refractivity contribution in [2.45, 2.75) is 30.7 Å². The molecule has 20 heavy (non-hydrogen) atoms. The molecular formula is C13H20BrN3O2S. The lowest BCUT2D eigenvalue weighted by Crippen LogP contribution is -2.41. The molecular weight excluding hydrogens is 342 g/mol. The number of anilines is 1. The van der Waals surface area contributed by atoms with Crippen LogP contribution in [0.3, 0.4) is 0 Å². The highest BCUT2D eigenvalue weighted by molar-refractivity contribution is 9.10. The van der Waals surface area contributed by atoms with Crippen molar-refractivity contribution in [3.8, 4) is 0 Å². The Bertz CT molecular complexity index is 571. The zero-order chi connectivity index (χ0) is 14.8. The first kappa shape index (κ1) is 15.8. The molecule has 1 atom stereocenters. The number of nitrogens with one attached hydrogen (secondary N) is 1. The first-order chi connectivity index (χ1) is 9.38. The van der Waals surface area contributed by atoms with E-state index in [4.69, 9.17) is 5.73 Å². The minimum Gasteiger partial charge on any atom is -0.398 e. The van der Waals surface area contributed by atoms with Gasteiger partial charge < -0.3 is 10.6 Å². The lowest BCUT2D eigenvalue weighted by molar-refractivity contribution is 0.313. The number of halogens is 1. The molecule has 112 valence electrons. The number of sulfonamides is 1. The number of nitrogen functional groups attached to an aromatic ring is 1. The van der Waals surface area contributed by atoms with Crippen LogP contribution in [0.1, 0.15) is 19.8 Å². The highest BCUT2D eigenvalue weighted by Crippen LogP contribution is 2.22. The molecule has 1 heterocycles. The summed E-state index contributed by atoms with van der Waals surface area (Å²) in [6.45, 7) is 4.73. The largest absolute Gasteiger partial charge is 0.398 e. The first-order valence-electron chi connectivity index (χ1n) is 6.68. The third-order valence-electron chi connectivity index (χ3n) is 3.36. The Hall–Kier alpha value is -0.630. The van der Waals surface area contributed by atoms with Crippen LogP contribution in [0.2, 0.25) is 0 Å². The van der Waals surface area contributed by atoms with E-state index in [1.165, 1.54) is 18.9 Å². The summed E-state index contributed by atoms with van der Waals surface area (Å²) in [5.41, 5.74) is 6.15. The van der Waals surface area contributed by atoms with Gasteiger partial charge in [-0.15, -0.1) is 0 Å². The van der Waals surface area contributed by atoms with Gasteiger partial charge in [0.25, 0.3) is 0 Å². The van der Waals surface area contributed by atoms with Gasteiger partial charge in [-0.05, 0) is 67.0 Å². The van der Waals surface area contributed by atoms with E-state index in [1.54, 1.807) is 12.1 Å². The van der Waals surface area contributed by atoms with Crippen LogP contribution in [-0.2, 0) is 10.0 Å². The van der Waals surface area contributed by atoms with Crippen molar-refractivity contribution in [2.24, 2.45) is 0 Å². The summed E-state index contributed by atoms with van der Waals surface area (Å²) < 4.78 is 28.0. The van der Waals surface area contributed by atoms with Crippen molar-refractivity contribution in [1.82, 2.24) is 9.62 Å². The fraction of sp³-hybridized carbons (Fsp3) is 0.538. The number of nitrogens with two attached hydrogens (primary N) is 1. The summed E-state index contributed by atoms with van der Waals surface area (Å²) >= 11 is 3.26. The van der Waals surface area contributed by atoms with Crippen molar-refractivity contribution in [2.75, 3.05) is 25.4 Å². The summed E-state index contributed by atoms with van der Waals surface area (Å²) in [5, 5.41) is 0. The van der Waals surface area contributed by atoms with Crippen LogP contribution in [0.25, 0.3) is 0 Å². The number of benzene rings is 1. The maximum absolute atomic E-state index is 12.3. The molecule has 0 aliphatic carbocycles. The monoisotopic (exact) mass is 361 g/mol. The van der Waals surface area contributed by atoms with E-state index < -0.39 is 10.0 Å². The van der Waals surface area contributed by atoms with Gasteiger partial charge in [0, 0.05) is 22.7 Å². The molecule has 7 heteroatoms. The number of nitrogens with zero attached hydrogens (tertiary/aromatic N) is 1. The number of likely N-dealkylation sites (tertiary alicyclic amines) is 1. The predicted octanol–water partition coefficient (Wildman–Crippen LogP) is 1.79. The molecule has 3 N–H and O–H groups in total. The Kier molecular flexibility index (Phi) is 5.06. The molecule has 2 rings (SSSR count). The van der Waals surface area contributed by atoms with Crippen LogP contribution in [0.15, 0.2) is 27.6 Å². The third-order valence-corrected chi connectivity index (χ3v) is 5.67. The summed E-state index contributed by atoms with van der Waals surface area (Å²) in [5.74, 6) is 0. The molecule has 0 bridgehead atoms. The Balaban J connectivity index is 2.03. The maximum Gasteiger partial charge on any atom is 0.240 e. The van der Waals surface area contributed by atoms with Crippen LogP contribution in [0.5, 0.6) is 0 Å². The summed E-state index contributed by atoms with van der Waals surface area (Å²) in [6.07, 6.45) is 2.39. The topological polar surface area (TPSA) is 75.4 Å². The SMILES string of the molecule is CC(CN1CCCC1)NS(=O)(=O)c1ccc(Br)c(N)c1. The Morgan fingerprint density at radius 3 is 2.65 bits per heavy atom. The molecule has 0 amide bonds. The summed E-state index contributed by atoms with van der Waals surface area (Å²) in [7, 11) is -3.52. The Morgan fingerprint density at radius 2 is 2.05 bits per heavy atom. The molecule has 0 aromatic heterocycles. The van der Waals surface area contributed by atoms with Crippen LogP contribution in [0, 0.1) is 0 Å². The van der Waals surface area contributed by atoms with Gasteiger partial charge in [-0.3, -0.25) is 0 Å². The van der Waals surface area contributed by atoms with Crippen molar-refractivity contribution < 1.29 is 8.42 Å². The summed E-state index contributed by atoms with van der Waals surface area (Å²) in [4.78, 5) is 2.48. The van der Waals surface area contributed by atoms with Crippen LogP contribution < -0.4 is 10.5 Å². The second-order valence-corrected chi connectivity index (χ2v) is 7.78. The van der Waals surface area contributed by atoms with Crippen molar-refractivity contribution in [1.29, 1.82) is 0 Å². The quantitative estimate of drug-likeness (QED) is 0.784. The van der Waals surface area contributed by atoms with Gasteiger partial charge >= 0.3 is 0 Å². The van der Waals surface area contributed by atoms with Crippen LogP contribution >= 0.6 is 15.9 Å². The van der Waals surface area contributed by atoms with Gasteiger partial charge in [-0.25, -0.2) is 13.1 Å². The van der Waals surface area contributed by atoms with Gasteiger partial charge in [-0.2, -0.15) is 0 Å². The molecule has 0 spiro atoms. The van der Waals surface area contributed by atoms with Crippen molar-refractivity contribution >= 4 is 31.6 Å². The molecule has 0 saturated carbocycles. The van der Waals surface area contributed by atoms with Gasteiger partial charge in [0.15, 0.2) is 0 Å². The molecule has 1 saturated heterocycles. The van der Waals surface area contributed by atoms with Crippen LogP contribution in [-0.4, -0.2) is 39.0 Å². The zero-order valence-electron chi connectivity index (χ0n) is 11.5. The normalized spacial score (nSPS) is 18.3. The van der Waals surface area contributed by atoms with Gasteiger partial charge in [0.2, 0.25) is 10.0 Å². The highest BCUT2D eigenvalue weighted by atomic mass is 79.9. The third kappa shape index (κ3) is 3.94. The lowest BCUT2D eigenvalue weighted by Gasteiger charge is -2.21. The van der Waals surface area contributed by atoms with E-state index in [0.29, 0.717) is 10.2 Å². The zero-order valence-corrected chi connectivity index (χ0v) is 13.9. The molecule has 0 radical (unpaired) electrons. The molecule has 1 aromatic carbocycles. The fourth-order valence-corrected chi connectivity index (χ4v) is 3.93. The molecule has 1 unspecified atom stereocenters. The van der Waals surface area contributed by atoms with E-state index in [9.17, 15) is 8.42 Å². The lowest BCUT2D eigenvalue weighted by atomic mass is 10.3. The van der Waals surface area contributed by atoms with E-state index in [2.05, 4.69) is 25.6 Å². The Morgan fingerprint density at radius 1 is 1.40 bits per heavy atom. The van der Waals surface area contributed by atoms with Gasteiger partial charge in [-0.1, -0.05) is 0 Å². The molecule has 1 aromatic rings. The molecule has 5 nitrogen and oxygen atoms in total. The second-order valence-electron chi connectivity index (χ2n) is 5.21. The van der Waals surface area contributed by atoms with E-state index in [-0.39, 0.29) is 10.9 Å². The van der Waals surface area contributed by atoms with Crippen molar-refractivity contribution in [3.05, 3.63) is 22.7 Å².